The van der Waals surface area contributed by atoms with Gasteiger partial charge in [0, 0.05) is 47.4 Å². The number of halogens is 1. The molecule has 0 N–H and O–H groups in total. The molecular formula is C21H21ClN2O. The molecule has 0 atom stereocenters. The minimum absolute atomic E-state index is 0.331. The van der Waals surface area contributed by atoms with Gasteiger partial charge in [-0.3, -0.25) is 4.79 Å². The third-order valence-electron chi connectivity index (χ3n) is 4.37. The number of rotatable bonds is 3. The van der Waals surface area contributed by atoms with Crippen LogP contribution in [0.25, 0.3) is 23.9 Å². The van der Waals surface area contributed by atoms with Gasteiger partial charge in [0.1, 0.15) is 5.78 Å². The number of carbonyl (C=O) groups excluding carboxylic acids is 1. The topological polar surface area (TPSA) is 33.2 Å². The molecule has 0 spiro atoms. The Hall–Kier alpha value is -2.39. The van der Waals surface area contributed by atoms with E-state index in [1.54, 1.807) is 0 Å². The van der Waals surface area contributed by atoms with E-state index in [0.717, 1.165) is 40.6 Å². The van der Waals surface area contributed by atoms with Crippen molar-refractivity contribution in [2.45, 2.75) is 19.8 Å². The molecule has 3 rings (SSSR count). The first-order chi connectivity index (χ1) is 12.1. The highest BCUT2D eigenvalue weighted by molar-refractivity contribution is 6.30. The van der Waals surface area contributed by atoms with Crippen LogP contribution >= 0.6 is 11.6 Å². The van der Waals surface area contributed by atoms with E-state index in [1.165, 1.54) is 0 Å². The lowest BCUT2D eigenvalue weighted by Crippen LogP contribution is -2.40. The maximum Gasteiger partial charge on any atom is 0.136 e. The minimum Gasteiger partial charge on any atom is -0.370 e. The fourth-order valence-electron chi connectivity index (χ4n) is 2.99. The molecule has 1 aromatic carbocycles. The van der Waals surface area contributed by atoms with E-state index in [0.29, 0.717) is 23.6 Å². The second-order valence-corrected chi connectivity index (χ2v) is 6.55. The van der Waals surface area contributed by atoms with Crippen molar-refractivity contribution in [1.82, 2.24) is 4.98 Å². The number of allylic oxidation sites excluding steroid dienone is 2. The van der Waals surface area contributed by atoms with Gasteiger partial charge in [0.2, 0.25) is 0 Å². The first-order valence-corrected chi connectivity index (χ1v) is 8.82. The number of aromatic nitrogens is 1. The van der Waals surface area contributed by atoms with Crippen LogP contribution in [0.1, 0.15) is 19.8 Å². The summed E-state index contributed by atoms with van der Waals surface area (Å²) in [4.78, 5) is 18.5. The monoisotopic (exact) mass is 352 g/mol. The van der Waals surface area contributed by atoms with Crippen molar-refractivity contribution < 1.29 is 4.79 Å². The lowest BCUT2D eigenvalue weighted by Gasteiger charge is -2.29. The number of pyridine rings is 1. The van der Waals surface area contributed by atoms with E-state index in [2.05, 4.69) is 22.5 Å². The van der Waals surface area contributed by atoms with Crippen molar-refractivity contribution in [3.05, 3.63) is 58.1 Å². The van der Waals surface area contributed by atoms with Gasteiger partial charge in [-0.1, -0.05) is 48.5 Å². The highest BCUT2D eigenvalue weighted by atomic mass is 35.5. The molecule has 3 nitrogen and oxygen atoms in total. The molecule has 25 heavy (non-hydrogen) atoms. The van der Waals surface area contributed by atoms with Crippen molar-refractivity contribution in [1.29, 1.82) is 0 Å². The van der Waals surface area contributed by atoms with Gasteiger partial charge in [-0.25, -0.2) is 4.98 Å². The highest BCUT2D eigenvalue weighted by Crippen LogP contribution is 2.22. The van der Waals surface area contributed by atoms with E-state index in [9.17, 15) is 4.79 Å². The van der Waals surface area contributed by atoms with Crippen molar-refractivity contribution >= 4 is 35.7 Å². The normalized spacial score (nSPS) is 16.0. The summed E-state index contributed by atoms with van der Waals surface area (Å²) in [6, 6.07) is 9.73. The van der Waals surface area contributed by atoms with Crippen LogP contribution in [0.2, 0.25) is 5.02 Å². The molecule has 128 valence electrons. The molecule has 2 heterocycles. The van der Waals surface area contributed by atoms with Crippen LogP contribution in [0.15, 0.2) is 42.5 Å². The zero-order valence-electron chi connectivity index (χ0n) is 14.3. The summed E-state index contributed by atoms with van der Waals surface area (Å²) >= 11 is 5.99. The number of ketones is 1. The van der Waals surface area contributed by atoms with Gasteiger partial charge in [0.05, 0.1) is 11.0 Å². The van der Waals surface area contributed by atoms with Crippen LogP contribution in [-0.4, -0.2) is 23.9 Å². The first-order valence-electron chi connectivity index (χ1n) is 8.44. The van der Waals surface area contributed by atoms with Crippen LogP contribution < -0.4 is 15.5 Å². The number of piperidine rings is 1. The Kier molecular flexibility index (Phi) is 5.34. The van der Waals surface area contributed by atoms with Crippen molar-refractivity contribution in [3.8, 4) is 11.3 Å². The Morgan fingerprint density at radius 1 is 1.20 bits per heavy atom. The summed E-state index contributed by atoms with van der Waals surface area (Å²) in [7, 11) is 0. The number of hydrogen-bond donors (Lipinski definition) is 0. The Labute approximate surface area is 153 Å². The maximum atomic E-state index is 11.6. The van der Waals surface area contributed by atoms with Gasteiger partial charge >= 0.3 is 0 Å². The van der Waals surface area contributed by atoms with Crippen molar-refractivity contribution in [2.24, 2.45) is 0 Å². The summed E-state index contributed by atoms with van der Waals surface area (Å²) in [5.41, 5.74) is 2.95. The predicted octanol–water partition coefficient (Wildman–Crippen LogP) is 3.34. The maximum absolute atomic E-state index is 11.6. The van der Waals surface area contributed by atoms with Crippen LogP contribution in [0, 0.1) is 0 Å². The number of anilines is 1. The van der Waals surface area contributed by atoms with Crippen LogP contribution in [-0.2, 0) is 4.79 Å². The molecular weight excluding hydrogens is 332 g/mol. The van der Waals surface area contributed by atoms with Crippen LogP contribution in [0.4, 0.5) is 5.69 Å². The second-order valence-electron chi connectivity index (χ2n) is 6.11. The molecule has 2 aromatic rings. The van der Waals surface area contributed by atoms with E-state index < -0.39 is 0 Å². The molecule has 0 unspecified atom stereocenters. The average molecular weight is 353 g/mol. The van der Waals surface area contributed by atoms with Crippen LogP contribution in [0.3, 0.4) is 0 Å². The summed E-state index contributed by atoms with van der Waals surface area (Å²) in [6.45, 7) is 7.60. The highest BCUT2D eigenvalue weighted by Gasteiger charge is 2.18. The SMILES string of the molecule is C=c1nc(-c2ccc(Cl)cc2)cc(N2CCC(=O)CC2)/c1=C/C=C\C. The zero-order chi connectivity index (χ0) is 17.8. The average Bonchev–Trinajstić information content (AvgIpc) is 2.61. The fraction of sp³-hybridized carbons (Fsp3) is 0.238. The molecule has 4 heteroatoms. The molecule has 1 fully saturated rings. The third kappa shape index (κ3) is 3.99. The molecule has 1 saturated heterocycles. The first kappa shape index (κ1) is 17.4. The molecule has 1 aliphatic heterocycles. The van der Waals surface area contributed by atoms with Gasteiger partial charge in [-0.05, 0) is 25.1 Å². The van der Waals surface area contributed by atoms with Gasteiger partial charge in [0.15, 0.2) is 0 Å². The summed E-state index contributed by atoms with van der Waals surface area (Å²) in [6.07, 6.45) is 7.19. The zero-order valence-corrected chi connectivity index (χ0v) is 15.1. The Bertz CT molecular complexity index is 906. The predicted molar refractivity (Wildman–Crippen MR) is 105 cm³/mol. The van der Waals surface area contributed by atoms with Gasteiger partial charge in [-0.2, -0.15) is 0 Å². The summed E-state index contributed by atoms with van der Waals surface area (Å²) in [5.74, 6) is 0.331. The van der Waals surface area contributed by atoms with E-state index in [1.807, 2.05) is 49.4 Å². The molecule has 1 aromatic heterocycles. The van der Waals surface area contributed by atoms with Gasteiger partial charge in [0.25, 0.3) is 0 Å². The van der Waals surface area contributed by atoms with E-state index in [4.69, 9.17) is 11.6 Å². The summed E-state index contributed by atoms with van der Waals surface area (Å²) < 4.78 is 0. The second kappa shape index (κ2) is 7.66. The molecule has 0 radical (unpaired) electrons. The third-order valence-corrected chi connectivity index (χ3v) is 4.62. The quantitative estimate of drug-likeness (QED) is 0.849. The van der Waals surface area contributed by atoms with Crippen molar-refractivity contribution in [2.75, 3.05) is 18.0 Å². The standard InChI is InChI=1S/C21H21ClN2O/c1-3-4-5-19-15(2)23-20(16-6-8-17(22)9-7-16)14-21(19)24-12-10-18(25)11-13-24/h3-9,14H,2,10-13H2,1H3/b4-3-,19-5+. The molecule has 1 aliphatic rings. The lowest BCUT2D eigenvalue weighted by atomic mass is 10.1. The Morgan fingerprint density at radius 3 is 2.52 bits per heavy atom. The van der Waals surface area contributed by atoms with Crippen molar-refractivity contribution in [3.63, 3.8) is 0 Å². The Morgan fingerprint density at radius 2 is 1.88 bits per heavy atom. The number of nitrogens with zero attached hydrogens (tertiary/aromatic N) is 2. The van der Waals surface area contributed by atoms with Gasteiger partial charge < -0.3 is 4.90 Å². The summed E-state index contributed by atoms with van der Waals surface area (Å²) in [5, 5.41) is 2.44. The molecule has 0 saturated carbocycles. The number of carbonyl (C=O) groups is 1. The van der Waals surface area contributed by atoms with Crippen LogP contribution in [0.5, 0.6) is 0 Å². The minimum atomic E-state index is 0.331. The number of Topliss-reactive ketones (excluding diaryl/α,β-unsaturated/α-hetero) is 1. The number of hydrogen-bond acceptors (Lipinski definition) is 3. The molecule has 0 bridgehead atoms. The smallest absolute Gasteiger partial charge is 0.136 e. The lowest BCUT2D eigenvalue weighted by molar-refractivity contribution is -0.119. The van der Waals surface area contributed by atoms with E-state index >= 15 is 0 Å². The molecule has 0 amide bonds. The van der Waals surface area contributed by atoms with Gasteiger partial charge in [-0.15, -0.1) is 0 Å². The van der Waals surface area contributed by atoms with E-state index in [-0.39, 0.29) is 0 Å². The molecule has 0 aliphatic carbocycles. The number of benzene rings is 1. The largest absolute Gasteiger partial charge is 0.370 e. The fourth-order valence-corrected chi connectivity index (χ4v) is 3.12. The Balaban J connectivity index is 2.13.